The maximum absolute atomic E-state index is 13.5. The third-order valence-electron chi connectivity index (χ3n) is 6.19. The third kappa shape index (κ3) is 4.82. The molecule has 0 aliphatic heterocycles. The van der Waals surface area contributed by atoms with Crippen LogP contribution in [0.2, 0.25) is 0 Å². The Kier molecular flexibility index (Phi) is 6.72. The Labute approximate surface area is 213 Å². The zero-order valence-electron chi connectivity index (χ0n) is 20.3. The highest BCUT2D eigenvalue weighted by molar-refractivity contribution is 6.05. The van der Waals surface area contributed by atoms with Gasteiger partial charge in [0.05, 0.1) is 12.8 Å². The van der Waals surface area contributed by atoms with Gasteiger partial charge in [-0.15, -0.1) is 0 Å². The molecule has 0 spiro atoms. The van der Waals surface area contributed by atoms with Gasteiger partial charge in [-0.2, -0.15) is 0 Å². The Morgan fingerprint density at radius 2 is 1.65 bits per heavy atom. The van der Waals surface area contributed by atoms with Crippen LogP contribution in [0.1, 0.15) is 22.1 Å². The fourth-order valence-electron chi connectivity index (χ4n) is 4.31. The number of furan rings is 1. The normalized spacial score (nSPS) is 11.9. The highest BCUT2D eigenvalue weighted by Crippen LogP contribution is 2.39. The molecule has 0 radical (unpaired) electrons. The van der Waals surface area contributed by atoms with Crippen molar-refractivity contribution < 1.29 is 23.4 Å². The van der Waals surface area contributed by atoms with E-state index in [0.717, 1.165) is 11.1 Å². The Hall–Kier alpha value is -4.46. The van der Waals surface area contributed by atoms with Gasteiger partial charge >= 0.3 is 0 Å². The van der Waals surface area contributed by atoms with E-state index in [-0.39, 0.29) is 11.7 Å². The van der Waals surface area contributed by atoms with Crippen molar-refractivity contribution in [3.8, 4) is 28.2 Å². The van der Waals surface area contributed by atoms with E-state index in [1.807, 2.05) is 42.5 Å². The number of halogens is 1. The molecule has 4 aromatic carbocycles. The van der Waals surface area contributed by atoms with Gasteiger partial charge < -0.3 is 19.6 Å². The number of rotatable bonds is 7. The number of fused-ring (bicyclic) bond motifs is 1. The van der Waals surface area contributed by atoms with E-state index in [0.29, 0.717) is 44.9 Å². The SMILES string of the molecule is CNC(O)c1c(-c2ccc(F)cc2)oc2ccc(-c3cccc(C(=O)Nc4ccccc4OC)c3)cc12. The molecule has 0 aliphatic rings. The third-order valence-corrected chi connectivity index (χ3v) is 6.19. The zero-order chi connectivity index (χ0) is 25.9. The van der Waals surface area contributed by atoms with Crippen LogP contribution in [-0.4, -0.2) is 25.2 Å². The fraction of sp³-hybridized carbons (Fsp3) is 0.100. The molecule has 6 nitrogen and oxygen atoms in total. The van der Waals surface area contributed by atoms with Gasteiger partial charge in [0.2, 0.25) is 0 Å². The van der Waals surface area contributed by atoms with E-state index in [1.165, 1.54) is 12.1 Å². The molecule has 0 fully saturated rings. The molecular weight excluding hydrogens is 471 g/mol. The summed E-state index contributed by atoms with van der Waals surface area (Å²) in [5.41, 5.74) is 4.52. The molecule has 0 aliphatic carbocycles. The van der Waals surface area contributed by atoms with Crippen molar-refractivity contribution in [2.45, 2.75) is 6.23 Å². The molecule has 5 rings (SSSR count). The summed E-state index contributed by atoms with van der Waals surface area (Å²) in [6, 6.07) is 26.1. The van der Waals surface area contributed by atoms with E-state index in [2.05, 4.69) is 10.6 Å². The number of para-hydroxylation sites is 2. The Morgan fingerprint density at radius 1 is 0.919 bits per heavy atom. The molecule has 5 aromatic rings. The predicted octanol–water partition coefficient (Wildman–Crippen LogP) is 6.38. The summed E-state index contributed by atoms with van der Waals surface area (Å²) in [4.78, 5) is 13.0. The van der Waals surface area contributed by atoms with Crippen LogP contribution in [0.3, 0.4) is 0 Å². The van der Waals surface area contributed by atoms with E-state index >= 15 is 0 Å². The average molecular weight is 497 g/mol. The van der Waals surface area contributed by atoms with Gasteiger partial charge in [0, 0.05) is 22.1 Å². The van der Waals surface area contributed by atoms with Crippen LogP contribution in [0.25, 0.3) is 33.4 Å². The molecule has 0 saturated heterocycles. The lowest BCUT2D eigenvalue weighted by Gasteiger charge is -2.12. The standard InChI is InChI=1S/C30H25FN2O4/c1-32-30(35)27-23-17-20(12-15-25(23)37-28(27)18-10-13-22(31)14-11-18)19-6-5-7-21(16-19)29(34)33-24-8-3-4-9-26(24)36-2/h3-17,30,32,35H,1-2H3,(H,33,34). The number of nitrogens with one attached hydrogen (secondary N) is 2. The van der Waals surface area contributed by atoms with E-state index < -0.39 is 6.23 Å². The quantitative estimate of drug-likeness (QED) is 0.228. The van der Waals surface area contributed by atoms with Crippen LogP contribution < -0.4 is 15.4 Å². The van der Waals surface area contributed by atoms with Crippen LogP contribution in [-0.2, 0) is 0 Å². The largest absolute Gasteiger partial charge is 0.495 e. The van der Waals surface area contributed by atoms with Crippen molar-refractivity contribution >= 4 is 22.6 Å². The second-order valence-electron chi connectivity index (χ2n) is 8.49. The van der Waals surface area contributed by atoms with Crippen molar-refractivity contribution in [2.75, 3.05) is 19.5 Å². The number of ether oxygens (including phenoxy) is 1. The minimum atomic E-state index is -1.01. The smallest absolute Gasteiger partial charge is 0.255 e. The molecule has 0 saturated carbocycles. The number of aliphatic hydroxyl groups is 1. The maximum Gasteiger partial charge on any atom is 0.255 e. The second-order valence-corrected chi connectivity index (χ2v) is 8.49. The maximum atomic E-state index is 13.5. The van der Waals surface area contributed by atoms with Gasteiger partial charge in [-0.05, 0) is 78.8 Å². The predicted molar refractivity (Wildman–Crippen MR) is 142 cm³/mol. The van der Waals surface area contributed by atoms with Gasteiger partial charge in [-0.3, -0.25) is 10.1 Å². The molecule has 0 bridgehead atoms. The molecule has 1 amide bonds. The fourth-order valence-corrected chi connectivity index (χ4v) is 4.31. The minimum absolute atomic E-state index is 0.263. The van der Waals surface area contributed by atoms with Crippen molar-refractivity contribution in [2.24, 2.45) is 0 Å². The van der Waals surface area contributed by atoms with Crippen LogP contribution in [0.4, 0.5) is 10.1 Å². The molecule has 7 heteroatoms. The molecule has 1 heterocycles. The van der Waals surface area contributed by atoms with Crippen molar-refractivity contribution in [1.82, 2.24) is 5.32 Å². The first-order valence-electron chi connectivity index (χ1n) is 11.7. The molecule has 1 atom stereocenters. The first-order valence-corrected chi connectivity index (χ1v) is 11.7. The summed E-state index contributed by atoms with van der Waals surface area (Å²) in [5.74, 6) is 0.414. The first-order chi connectivity index (χ1) is 18.0. The topological polar surface area (TPSA) is 83.7 Å². The second kappa shape index (κ2) is 10.3. The Balaban J connectivity index is 1.53. The van der Waals surface area contributed by atoms with Gasteiger partial charge in [0.1, 0.15) is 29.1 Å². The van der Waals surface area contributed by atoms with Crippen molar-refractivity contribution in [1.29, 1.82) is 0 Å². The average Bonchev–Trinajstić information content (AvgIpc) is 3.32. The highest BCUT2D eigenvalue weighted by atomic mass is 19.1. The number of methoxy groups -OCH3 is 1. The summed E-state index contributed by atoms with van der Waals surface area (Å²) in [7, 11) is 3.20. The molecule has 1 aromatic heterocycles. The summed E-state index contributed by atoms with van der Waals surface area (Å²) in [6.45, 7) is 0. The number of carbonyl (C=O) groups excluding carboxylic acids is 1. The minimum Gasteiger partial charge on any atom is -0.495 e. The number of hydrogen-bond donors (Lipinski definition) is 3. The highest BCUT2D eigenvalue weighted by Gasteiger charge is 2.22. The summed E-state index contributed by atoms with van der Waals surface area (Å²) >= 11 is 0. The summed E-state index contributed by atoms with van der Waals surface area (Å²) in [6.07, 6.45) is -1.01. The lowest BCUT2D eigenvalue weighted by atomic mass is 9.98. The summed E-state index contributed by atoms with van der Waals surface area (Å²) in [5, 5.41) is 17.2. The lowest BCUT2D eigenvalue weighted by molar-refractivity contribution is 0.102. The van der Waals surface area contributed by atoms with Crippen molar-refractivity contribution in [3.63, 3.8) is 0 Å². The van der Waals surface area contributed by atoms with Crippen LogP contribution >= 0.6 is 0 Å². The molecule has 37 heavy (non-hydrogen) atoms. The van der Waals surface area contributed by atoms with Crippen LogP contribution in [0, 0.1) is 5.82 Å². The number of hydrogen-bond acceptors (Lipinski definition) is 5. The Morgan fingerprint density at radius 3 is 2.41 bits per heavy atom. The van der Waals surface area contributed by atoms with Gasteiger partial charge in [-0.25, -0.2) is 4.39 Å². The van der Waals surface area contributed by atoms with E-state index in [4.69, 9.17) is 9.15 Å². The van der Waals surface area contributed by atoms with Gasteiger partial charge in [-0.1, -0.05) is 30.3 Å². The number of amides is 1. The number of anilines is 1. The Bertz CT molecular complexity index is 1580. The van der Waals surface area contributed by atoms with Gasteiger partial charge in [0.15, 0.2) is 0 Å². The number of carbonyl (C=O) groups is 1. The van der Waals surface area contributed by atoms with Crippen LogP contribution in [0.5, 0.6) is 5.75 Å². The first kappa shape index (κ1) is 24.2. The van der Waals surface area contributed by atoms with E-state index in [1.54, 1.807) is 50.6 Å². The number of aliphatic hydroxyl groups excluding tert-OH is 1. The summed E-state index contributed by atoms with van der Waals surface area (Å²) < 4.78 is 24.9. The van der Waals surface area contributed by atoms with E-state index in [9.17, 15) is 14.3 Å². The lowest BCUT2D eigenvalue weighted by Crippen LogP contribution is -2.15. The molecular formula is C30H25FN2O4. The zero-order valence-corrected chi connectivity index (χ0v) is 20.3. The monoisotopic (exact) mass is 496 g/mol. The van der Waals surface area contributed by atoms with Crippen molar-refractivity contribution in [3.05, 3.63) is 108 Å². The molecule has 1 unspecified atom stereocenters. The number of benzene rings is 4. The molecule has 186 valence electrons. The molecule has 3 N–H and O–H groups in total. The van der Waals surface area contributed by atoms with Crippen LogP contribution in [0.15, 0.2) is 95.4 Å². The van der Waals surface area contributed by atoms with Gasteiger partial charge in [0.25, 0.3) is 5.91 Å².